The highest BCUT2D eigenvalue weighted by atomic mass is 32.2. The average molecular weight is 411 g/mol. The van der Waals surface area contributed by atoms with Crippen molar-refractivity contribution in [3.05, 3.63) is 107 Å². The van der Waals surface area contributed by atoms with Crippen LogP contribution < -0.4 is 5.32 Å². The minimum absolute atomic E-state index is 0.155. The number of aromatic amines is 1. The van der Waals surface area contributed by atoms with Gasteiger partial charge in [-0.25, -0.2) is 4.98 Å². The van der Waals surface area contributed by atoms with Gasteiger partial charge in [-0.3, -0.25) is 9.89 Å². The van der Waals surface area contributed by atoms with E-state index in [0.29, 0.717) is 11.3 Å². The van der Waals surface area contributed by atoms with E-state index in [0.717, 1.165) is 27.6 Å². The standard InChI is InChI=1S/C24H18N4OS/c29-23(21-13-11-20(12-14-21)16-30-24-25-17-26-28-24)27-22-8-4-7-19(15-22)10-9-18-5-2-1-3-6-18/h1-8,11-15,17H,16H2,(H,27,29)(H,25,26,28). The van der Waals surface area contributed by atoms with E-state index >= 15 is 0 Å². The molecule has 0 radical (unpaired) electrons. The fourth-order valence-corrected chi connectivity index (χ4v) is 3.45. The predicted octanol–water partition coefficient (Wildman–Crippen LogP) is 4.75. The molecule has 2 N–H and O–H groups in total. The molecule has 0 unspecified atom stereocenters. The number of anilines is 1. The Labute approximate surface area is 179 Å². The second-order valence-corrected chi connectivity index (χ2v) is 7.39. The van der Waals surface area contributed by atoms with Gasteiger partial charge in [0.15, 0.2) is 5.16 Å². The molecule has 5 nitrogen and oxygen atoms in total. The first-order valence-electron chi connectivity index (χ1n) is 9.32. The summed E-state index contributed by atoms with van der Waals surface area (Å²) in [5.74, 6) is 6.85. The lowest BCUT2D eigenvalue weighted by Crippen LogP contribution is -2.11. The molecule has 3 aromatic carbocycles. The first kappa shape index (κ1) is 19.5. The lowest BCUT2D eigenvalue weighted by atomic mass is 10.1. The summed E-state index contributed by atoms with van der Waals surface area (Å²) in [7, 11) is 0. The molecule has 0 spiro atoms. The number of nitrogens with zero attached hydrogens (tertiary/aromatic N) is 2. The topological polar surface area (TPSA) is 70.7 Å². The maximum Gasteiger partial charge on any atom is 0.255 e. The van der Waals surface area contributed by atoms with Crippen LogP contribution in [0.25, 0.3) is 0 Å². The van der Waals surface area contributed by atoms with Gasteiger partial charge in [0.1, 0.15) is 6.33 Å². The Bertz CT molecular complexity index is 1180. The van der Waals surface area contributed by atoms with Gasteiger partial charge in [-0.05, 0) is 48.0 Å². The molecule has 0 aliphatic rings. The van der Waals surface area contributed by atoms with E-state index in [9.17, 15) is 4.79 Å². The number of amides is 1. The van der Waals surface area contributed by atoms with E-state index in [1.165, 1.54) is 6.33 Å². The molecule has 0 aliphatic heterocycles. The maximum absolute atomic E-state index is 12.6. The summed E-state index contributed by atoms with van der Waals surface area (Å²) in [6, 6.07) is 24.9. The van der Waals surface area contributed by atoms with Gasteiger partial charge in [0, 0.05) is 28.1 Å². The van der Waals surface area contributed by atoms with Crippen molar-refractivity contribution in [1.29, 1.82) is 0 Å². The number of H-pyrrole nitrogens is 1. The molecule has 0 aliphatic carbocycles. The van der Waals surface area contributed by atoms with Gasteiger partial charge in [-0.1, -0.05) is 60.0 Å². The van der Waals surface area contributed by atoms with Gasteiger partial charge < -0.3 is 5.32 Å². The fourth-order valence-electron chi connectivity index (χ4n) is 2.71. The highest BCUT2D eigenvalue weighted by molar-refractivity contribution is 7.98. The van der Waals surface area contributed by atoms with Crippen LogP contribution in [0.3, 0.4) is 0 Å². The number of thioether (sulfide) groups is 1. The summed E-state index contributed by atoms with van der Waals surface area (Å²) in [6.45, 7) is 0. The van der Waals surface area contributed by atoms with E-state index in [4.69, 9.17) is 0 Å². The molecule has 146 valence electrons. The molecule has 0 atom stereocenters. The number of nitrogens with one attached hydrogen (secondary N) is 2. The summed E-state index contributed by atoms with van der Waals surface area (Å²) in [6.07, 6.45) is 1.48. The van der Waals surface area contributed by atoms with E-state index in [-0.39, 0.29) is 5.91 Å². The van der Waals surface area contributed by atoms with Gasteiger partial charge in [-0.15, -0.1) is 0 Å². The van der Waals surface area contributed by atoms with Gasteiger partial charge in [-0.2, -0.15) is 5.10 Å². The SMILES string of the molecule is O=C(Nc1cccc(C#Cc2ccccc2)c1)c1ccc(CSc2ncn[nH]2)cc1. The minimum atomic E-state index is -0.155. The highest BCUT2D eigenvalue weighted by Gasteiger charge is 2.07. The van der Waals surface area contributed by atoms with Gasteiger partial charge in [0.2, 0.25) is 0 Å². The van der Waals surface area contributed by atoms with Gasteiger partial charge in [0.25, 0.3) is 5.91 Å². The third-order valence-corrected chi connectivity index (χ3v) is 5.18. The number of hydrogen-bond donors (Lipinski definition) is 2. The Kier molecular flexibility index (Phi) is 6.23. The summed E-state index contributed by atoms with van der Waals surface area (Å²) >= 11 is 1.56. The van der Waals surface area contributed by atoms with Crippen LogP contribution in [0.15, 0.2) is 90.3 Å². The van der Waals surface area contributed by atoms with Crippen LogP contribution in [0, 0.1) is 11.8 Å². The zero-order valence-corrected chi connectivity index (χ0v) is 16.8. The Hall–Kier alpha value is -3.82. The van der Waals surface area contributed by atoms with E-state index < -0.39 is 0 Å². The Morgan fingerprint density at radius 1 is 0.933 bits per heavy atom. The molecule has 1 aromatic heterocycles. The van der Waals surface area contributed by atoms with Crippen LogP contribution in [0.2, 0.25) is 0 Å². The van der Waals surface area contributed by atoms with E-state index in [1.54, 1.807) is 11.8 Å². The number of carbonyl (C=O) groups excluding carboxylic acids is 1. The van der Waals surface area contributed by atoms with Crippen LogP contribution in [0.5, 0.6) is 0 Å². The van der Waals surface area contributed by atoms with Crippen LogP contribution in [-0.2, 0) is 5.75 Å². The van der Waals surface area contributed by atoms with Crippen molar-refractivity contribution in [3.63, 3.8) is 0 Å². The van der Waals surface area contributed by atoms with E-state index in [1.807, 2.05) is 78.9 Å². The monoisotopic (exact) mass is 410 g/mol. The number of carbonyl (C=O) groups is 1. The molecule has 1 amide bonds. The van der Waals surface area contributed by atoms with Crippen LogP contribution in [-0.4, -0.2) is 21.1 Å². The first-order chi connectivity index (χ1) is 14.8. The van der Waals surface area contributed by atoms with Gasteiger partial charge >= 0.3 is 0 Å². The fraction of sp³-hybridized carbons (Fsp3) is 0.0417. The van der Waals surface area contributed by atoms with Crippen molar-refractivity contribution in [2.75, 3.05) is 5.32 Å². The number of aromatic nitrogens is 3. The van der Waals surface area contributed by atoms with Crippen LogP contribution in [0.1, 0.15) is 27.0 Å². The summed E-state index contributed by atoms with van der Waals surface area (Å²) in [5.41, 5.74) is 4.21. The zero-order chi connectivity index (χ0) is 20.6. The molecule has 0 bridgehead atoms. The largest absolute Gasteiger partial charge is 0.322 e. The quantitative estimate of drug-likeness (QED) is 0.368. The minimum Gasteiger partial charge on any atom is -0.322 e. The second-order valence-electron chi connectivity index (χ2n) is 6.43. The van der Waals surface area contributed by atoms with Crippen LogP contribution in [0.4, 0.5) is 5.69 Å². The van der Waals surface area contributed by atoms with Gasteiger partial charge in [0.05, 0.1) is 0 Å². The number of rotatable bonds is 5. The van der Waals surface area contributed by atoms with Crippen molar-refractivity contribution < 1.29 is 4.79 Å². The zero-order valence-electron chi connectivity index (χ0n) is 16.0. The Balaban J connectivity index is 1.38. The first-order valence-corrected chi connectivity index (χ1v) is 10.3. The molecular formula is C24H18N4OS. The molecule has 6 heteroatoms. The molecule has 0 fully saturated rings. The lowest BCUT2D eigenvalue weighted by molar-refractivity contribution is 0.102. The molecule has 30 heavy (non-hydrogen) atoms. The van der Waals surface area contributed by atoms with Crippen molar-refractivity contribution in [2.24, 2.45) is 0 Å². The Morgan fingerprint density at radius 3 is 2.47 bits per heavy atom. The second kappa shape index (κ2) is 9.59. The average Bonchev–Trinajstić information content (AvgIpc) is 3.31. The predicted molar refractivity (Wildman–Crippen MR) is 119 cm³/mol. The smallest absolute Gasteiger partial charge is 0.255 e. The normalized spacial score (nSPS) is 10.1. The number of hydrogen-bond acceptors (Lipinski definition) is 4. The highest BCUT2D eigenvalue weighted by Crippen LogP contribution is 2.19. The summed E-state index contributed by atoms with van der Waals surface area (Å²) < 4.78 is 0. The van der Waals surface area contributed by atoms with Crippen molar-refractivity contribution in [2.45, 2.75) is 10.9 Å². The summed E-state index contributed by atoms with van der Waals surface area (Å²) in [4.78, 5) is 16.7. The Morgan fingerprint density at radius 2 is 1.70 bits per heavy atom. The molecule has 4 rings (SSSR count). The van der Waals surface area contributed by atoms with Crippen LogP contribution >= 0.6 is 11.8 Å². The molecule has 0 saturated heterocycles. The van der Waals surface area contributed by atoms with Crippen molar-refractivity contribution >= 4 is 23.4 Å². The third-order valence-electron chi connectivity index (χ3n) is 4.23. The van der Waals surface area contributed by atoms with Crippen molar-refractivity contribution in [1.82, 2.24) is 15.2 Å². The molecule has 1 heterocycles. The summed E-state index contributed by atoms with van der Waals surface area (Å²) in [5, 5.41) is 10.3. The molecule has 4 aromatic rings. The van der Waals surface area contributed by atoms with Crippen molar-refractivity contribution in [3.8, 4) is 11.8 Å². The molecular weight excluding hydrogens is 392 g/mol. The van der Waals surface area contributed by atoms with E-state index in [2.05, 4.69) is 32.3 Å². The third kappa shape index (κ3) is 5.37. The molecule has 0 saturated carbocycles. The maximum atomic E-state index is 12.6. The number of benzene rings is 3. The lowest BCUT2D eigenvalue weighted by Gasteiger charge is -2.07.